The van der Waals surface area contributed by atoms with Crippen LogP contribution in [0.25, 0.3) is 71.0 Å². The molecule has 6 aromatic carbocycles. The molecule has 37 nitrogen and oxygen atoms in total. The molecule has 0 spiro atoms. The summed E-state index contributed by atoms with van der Waals surface area (Å²) in [5.74, 6) is 11.3. The van der Waals surface area contributed by atoms with E-state index in [2.05, 4.69) is 263 Å². The van der Waals surface area contributed by atoms with Crippen LogP contribution in [-0.2, 0) is 54.4 Å². The molecule has 9 heterocycles. The van der Waals surface area contributed by atoms with Crippen LogP contribution < -0.4 is 27.1 Å². The first-order valence-electron chi connectivity index (χ1n) is 46.1. The lowest BCUT2D eigenvalue weighted by Gasteiger charge is -2.10. The van der Waals surface area contributed by atoms with Gasteiger partial charge in [0.15, 0.2) is 34.0 Å². The number of rotatable bonds is 18. The first kappa shape index (κ1) is 96.8. The summed E-state index contributed by atoms with van der Waals surface area (Å²) in [6.45, 7) is 14.1. The van der Waals surface area contributed by atoms with Crippen molar-refractivity contribution in [1.82, 2.24) is 104 Å². The highest BCUT2D eigenvalue weighted by atomic mass is 35.5. The number of nitrogens with zero attached hydrogens (tertiary/aromatic N) is 23. The molecule has 0 bridgehead atoms. The first-order valence-corrected chi connectivity index (χ1v) is 48.0. The maximum atomic E-state index is 12.6. The Bertz CT molecular complexity index is 7690. The Labute approximate surface area is 825 Å². The van der Waals surface area contributed by atoms with Gasteiger partial charge in [-0.15, -0.1) is 26.9 Å². The number of allylic oxidation sites excluding steroid dienone is 10. The molecule has 18 atom stereocenters. The fourth-order valence-electron chi connectivity index (χ4n) is 20.4. The van der Waals surface area contributed by atoms with E-state index in [4.69, 9.17) is 54.3 Å². The molecule has 5 N–H and O–H groups in total. The van der Waals surface area contributed by atoms with Gasteiger partial charge < -0.3 is 53.0 Å². The van der Waals surface area contributed by atoms with Gasteiger partial charge in [0, 0.05) is 51.2 Å². The van der Waals surface area contributed by atoms with Crippen molar-refractivity contribution in [2.75, 3.05) is 0 Å². The van der Waals surface area contributed by atoms with Gasteiger partial charge in [0.05, 0.1) is 35.7 Å². The smallest absolute Gasteiger partial charge is 0.537 e. The van der Waals surface area contributed by atoms with Crippen molar-refractivity contribution in [3.05, 3.63) is 360 Å². The quantitative estimate of drug-likeness (QED) is 0.00713. The summed E-state index contributed by atoms with van der Waals surface area (Å²) in [5.41, 5.74) is 15.3. The fourth-order valence-corrected chi connectivity index (χ4v) is 21.0. The van der Waals surface area contributed by atoms with Gasteiger partial charge in [-0.1, -0.05) is 244 Å². The standard InChI is InChI=1S/2C20H17N7O2.C15H13ClN2O.C13H14N2O.C13H11N.C8H6F3NO3S.C6H6BO2.C5H5N5O.CH4/c2*1-26-17-19(23-25-26)21-10-27(20(17)28)9-15-22-18(24-29-15)16-13-7-12(8-14(13)16)11-5-3-2-4-6-11;16-8-13-17-15(18-19-13)14-11-6-10(7-12(11)14)9-4-2-1-3-5-9;14-13(15-16)12-10-6-9(7-11(10)12)8-4-2-1-3-5-8;1-14-13-11-7-10(8-12(11)13)9-5-3-2-4-6-9;1-12-7-5-2-4(3-6(5)7)15-16(13,14)8(9,10)11;8-7-9-6-4-2-1-3-5-6;1-10-3-4(8-9-10)6-2-7-5(3)11;/h2*2-7,10,13-14,16H,8-9H2,1H3;1-6,11-12,14H,7-8H2;1-6,10-12,16H,7H2,(H2,14,15);2-7,11-13H,8H2;2,5-7H,3H2;1-5,8H;2H,1H3,(H,6,7,11);1H4/t2*13-,14+,16+;11-,12+,14+;10-,11+,12+;11-,12+,13+;5-,6+,7+;;;/m100000.../s1. The van der Waals surface area contributed by atoms with Gasteiger partial charge in [-0.2, -0.15) is 36.5 Å². The predicted octanol–water partition coefficient (Wildman–Crippen LogP) is 14.2. The lowest BCUT2D eigenvalue weighted by molar-refractivity contribution is -0.0523. The minimum atomic E-state index is -5.55. The third-order valence-corrected chi connectivity index (χ3v) is 29.2. The molecule has 6 fully saturated rings. The number of alkyl halides is 4. The second-order valence-corrected chi connectivity index (χ2v) is 38.3. The number of nitrogens with two attached hydrogens (primary N) is 1. The van der Waals surface area contributed by atoms with Crippen molar-refractivity contribution in [3.8, 4) is 5.75 Å². The number of oxime groups is 1. The summed E-state index contributed by atoms with van der Waals surface area (Å²) in [6.07, 6.45) is 22.6. The predicted molar refractivity (Wildman–Crippen MR) is 522 cm³/mol. The Hall–Kier alpha value is -16.1. The number of para-hydroxylation sites is 1. The van der Waals surface area contributed by atoms with Gasteiger partial charge in [-0.25, -0.2) is 42.1 Å². The van der Waals surface area contributed by atoms with E-state index in [0.717, 1.165) is 49.6 Å². The van der Waals surface area contributed by atoms with Crippen molar-refractivity contribution in [1.29, 1.82) is 0 Å². The SMILES string of the molecule is C.ClCc1nc([C@@H]2[C@H]3C=C(c4ccccc4)C[C@H]32)no1.Cn1nnc2nc[nH]c(=O)c21.Cn1nnc2ncn(Cc3nc([C@@H]4[C@H]5C=C(c6ccccc6)C[C@H]54)no3)c(=O)c21.Cn1nnc2ncn(Cc3nc([C@H]4[C@@H]5C=C(c6ccccc6)C[C@@H]54)no3)c(=O)c21.N/C(=N\O)[C@@H]1[C@H]2C=C(c3ccccc3)C[C@H]21.O[B]Oc1ccccc1.[C-]#[N+][C@@H]1[C@H]2C=C(OS(=O)(=O)C(F)(F)F)C[C@H]21.[C-]#[N+][C@@H]1[C@H]2C=C(c3ccccc3)C[C@H]21. The number of hydrogen-bond acceptors (Lipinski definition) is 28. The Kier molecular flexibility index (Phi) is 27.5. The Morgan fingerprint density at radius 1 is 0.507 bits per heavy atom. The number of halogens is 4. The summed E-state index contributed by atoms with van der Waals surface area (Å²) in [6, 6.07) is 61.6. The zero-order valence-corrected chi connectivity index (χ0v) is 78.2. The Balaban J connectivity index is 0.000000107. The number of aromatic nitrogens is 21. The molecule has 43 heteroatoms. The number of amidine groups is 1. The molecule has 12 aliphatic carbocycles. The average Bonchev–Trinajstić information content (AvgIpc) is 1.54. The molecule has 0 saturated heterocycles. The summed E-state index contributed by atoms with van der Waals surface area (Å²) in [4.78, 5) is 71.2. The molecule has 27 rings (SSSR count). The largest absolute Gasteiger partial charge is 0.569 e. The second-order valence-electron chi connectivity index (χ2n) is 36.5. The molecule has 731 valence electrons. The molecule has 15 aromatic rings. The highest BCUT2D eigenvalue weighted by Crippen LogP contribution is 2.66. The second kappa shape index (κ2) is 40.9. The average molecular weight is 1980 g/mol. The van der Waals surface area contributed by atoms with Gasteiger partial charge >= 0.3 is 23.3 Å². The van der Waals surface area contributed by atoms with E-state index < -0.39 is 15.6 Å². The van der Waals surface area contributed by atoms with Crippen LogP contribution in [0.2, 0.25) is 0 Å². The molecule has 1 radical (unpaired) electrons. The van der Waals surface area contributed by atoms with Crippen molar-refractivity contribution in [2.45, 2.75) is 100 Å². The fraction of sp³-hybridized carbons (Fsp3) is 0.317. The van der Waals surface area contributed by atoms with E-state index in [1.807, 2.05) is 42.5 Å². The zero-order valence-electron chi connectivity index (χ0n) is 76.6. The van der Waals surface area contributed by atoms with Crippen LogP contribution in [0, 0.1) is 90.1 Å². The third kappa shape index (κ3) is 20.3. The van der Waals surface area contributed by atoms with Crippen molar-refractivity contribution in [3.63, 3.8) is 0 Å². The molecule has 144 heavy (non-hydrogen) atoms. The first-order chi connectivity index (χ1) is 69.4. The number of fused-ring (bicyclic) bond motifs is 9. The number of aryl methyl sites for hydroxylation is 3. The summed E-state index contributed by atoms with van der Waals surface area (Å²) in [7, 11) is 0.0798. The van der Waals surface area contributed by atoms with Crippen LogP contribution in [-0.4, -0.2) is 154 Å². The van der Waals surface area contributed by atoms with E-state index in [1.165, 1.54) is 104 Å². The third-order valence-electron chi connectivity index (χ3n) is 27.9. The van der Waals surface area contributed by atoms with E-state index in [-0.39, 0.29) is 73.2 Å². The molecule has 6 saturated carbocycles. The van der Waals surface area contributed by atoms with Crippen molar-refractivity contribution >= 4 is 96.6 Å². The maximum Gasteiger partial charge on any atom is 0.569 e. The number of hydrogen-bond donors (Lipinski definition) is 4. The molecule has 0 aliphatic heterocycles. The molecule has 12 aliphatic rings. The number of aromatic amines is 1. The van der Waals surface area contributed by atoms with Gasteiger partial charge in [-0.3, -0.25) is 23.5 Å². The molecule has 0 unspecified atom stereocenters. The van der Waals surface area contributed by atoms with E-state index in [9.17, 15) is 36.0 Å². The highest BCUT2D eigenvalue weighted by Gasteiger charge is 2.63. The lowest BCUT2D eigenvalue weighted by Crippen LogP contribution is -2.25. The zero-order chi connectivity index (χ0) is 99.1. The van der Waals surface area contributed by atoms with Crippen molar-refractivity contribution in [2.24, 2.45) is 109 Å². The minimum absolute atomic E-state index is 0. The van der Waals surface area contributed by atoms with Gasteiger partial charge in [0.1, 0.15) is 43.2 Å². The van der Waals surface area contributed by atoms with Crippen LogP contribution >= 0.6 is 11.6 Å². The summed E-state index contributed by atoms with van der Waals surface area (Å²) < 4.78 is 88.7. The summed E-state index contributed by atoms with van der Waals surface area (Å²) >= 11 is 5.68. The summed E-state index contributed by atoms with van der Waals surface area (Å²) in [5, 5.41) is 55.0. The van der Waals surface area contributed by atoms with Crippen LogP contribution in [0.3, 0.4) is 0 Å². The molecule has 9 aromatic heterocycles. The van der Waals surface area contributed by atoms with E-state index >= 15 is 0 Å². The monoisotopic (exact) mass is 1980 g/mol. The van der Waals surface area contributed by atoms with Crippen LogP contribution in [0.4, 0.5) is 13.2 Å². The highest BCUT2D eigenvalue weighted by molar-refractivity contribution is 7.87. The van der Waals surface area contributed by atoms with E-state index in [1.54, 1.807) is 33.3 Å². The topological polar surface area (TPSA) is 465 Å². The van der Waals surface area contributed by atoms with Crippen molar-refractivity contribution < 1.29 is 54.2 Å². The van der Waals surface area contributed by atoms with Crippen LogP contribution in [0.1, 0.15) is 127 Å². The molecule has 0 amide bonds. The normalized spacial score (nSPS) is 24.6. The van der Waals surface area contributed by atoms with Crippen LogP contribution in [0.5, 0.6) is 5.75 Å². The number of H-pyrrole nitrogens is 1. The van der Waals surface area contributed by atoms with Gasteiger partial charge in [0.2, 0.25) is 46.7 Å². The van der Waals surface area contributed by atoms with Crippen LogP contribution in [0.15, 0.2) is 276 Å². The number of nitrogens with one attached hydrogen (secondary N) is 1. The maximum absolute atomic E-state index is 12.6. The molecular weight excluding hydrogens is 1890 g/mol. The lowest BCUT2D eigenvalue weighted by atomic mass is 10.0. The minimum Gasteiger partial charge on any atom is -0.537 e. The molecular formula is C101H93BClF3N25O12S. The van der Waals surface area contributed by atoms with Gasteiger partial charge in [0.25, 0.3) is 16.7 Å². The van der Waals surface area contributed by atoms with E-state index in [0.29, 0.717) is 159 Å². The number of benzene rings is 6. The Morgan fingerprint density at radius 2 is 0.861 bits per heavy atom. The Morgan fingerprint density at radius 3 is 1.19 bits per heavy atom. The van der Waals surface area contributed by atoms with Gasteiger partial charge in [-0.05, 0) is 153 Å².